The van der Waals surface area contributed by atoms with Crippen LogP contribution in [0.1, 0.15) is 40.5 Å². The molecule has 10 nitrogen and oxygen atoms in total. The molecule has 268 valence electrons. The van der Waals surface area contributed by atoms with Gasteiger partial charge in [-0.05, 0) is 60.0 Å². The van der Waals surface area contributed by atoms with Crippen molar-refractivity contribution in [3.63, 3.8) is 0 Å². The van der Waals surface area contributed by atoms with Crippen molar-refractivity contribution in [1.82, 2.24) is 15.0 Å². The van der Waals surface area contributed by atoms with E-state index < -0.39 is 13.7 Å². The van der Waals surface area contributed by atoms with Crippen molar-refractivity contribution in [2.75, 3.05) is 23.9 Å². The number of aromatic nitrogens is 3. The first-order valence-electron chi connectivity index (χ1n) is 17.8. The van der Waals surface area contributed by atoms with Crippen LogP contribution in [-0.4, -0.2) is 59.8 Å². The number of aryl methyl sites for hydroxylation is 1. The molecule has 0 bridgehead atoms. The normalized spacial score (nSPS) is 21.1. The molecule has 1 saturated heterocycles. The maximum absolute atomic E-state index is 15.2. The van der Waals surface area contributed by atoms with E-state index in [-0.39, 0.29) is 36.0 Å². The summed E-state index contributed by atoms with van der Waals surface area (Å²) in [4.78, 5) is 30.4. The number of fused-ring (bicyclic) bond motifs is 2. The summed E-state index contributed by atoms with van der Waals surface area (Å²) in [5.41, 5.74) is 3.18. The van der Waals surface area contributed by atoms with Gasteiger partial charge in [0, 0.05) is 48.5 Å². The van der Waals surface area contributed by atoms with Gasteiger partial charge in [0.25, 0.3) is 11.8 Å². The van der Waals surface area contributed by atoms with Gasteiger partial charge in [-0.3, -0.25) is 14.3 Å². The van der Waals surface area contributed by atoms with Crippen LogP contribution in [0, 0.1) is 5.92 Å². The fraction of sp³-hybridized carbons (Fsp3) is 0.317. The largest absolute Gasteiger partial charge is 0.497 e. The second kappa shape index (κ2) is 14.5. The molecule has 2 amide bonds. The fourth-order valence-corrected chi connectivity index (χ4v) is 12.4. The lowest BCUT2D eigenvalue weighted by Gasteiger charge is -2.37. The van der Waals surface area contributed by atoms with E-state index in [1.165, 1.54) is 5.19 Å². The van der Waals surface area contributed by atoms with Crippen molar-refractivity contribution in [3.05, 3.63) is 132 Å². The Bertz CT molecular complexity index is 2040. The molecule has 2 N–H and O–H groups in total. The van der Waals surface area contributed by atoms with Gasteiger partial charge in [0.15, 0.2) is 5.60 Å². The number of methoxy groups -OCH3 is 1. The van der Waals surface area contributed by atoms with Crippen LogP contribution < -0.4 is 20.1 Å². The number of hydrogen-bond donors (Lipinski definition) is 2. The number of rotatable bonds is 12. The molecule has 0 saturated carbocycles. The molecule has 1 spiro atoms. The van der Waals surface area contributed by atoms with Crippen molar-refractivity contribution in [2.45, 2.75) is 63.2 Å². The summed E-state index contributed by atoms with van der Waals surface area (Å²) < 4.78 is 14.6. The van der Waals surface area contributed by atoms with Crippen molar-refractivity contribution >= 4 is 36.4 Å². The molecule has 4 atom stereocenters. The number of hydrogen-bond acceptors (Lipinski definition) is 7. The molecule has 4 aromatic carbocycles. The van der Waals surface area contributed by atoms with Crippen LogP contribution in [-0.2, 0) is 34.6 Å². The molecule has 1 aromatic heterocycles. The van der Waals surface area contributed by atoms with Gasteiger partial charge in [0.05, 0.1) is 39.2 Å². The van der Waals surface area contributed by atoms with Crippen molar-refractivity contribution in [3.8, 4) is 5.75 Å². The standard InChI is InChI=1S/C41H45N5O5Si/c1-28-38(52(3,4)34-18-16-33(50-2)17-19-34)37(21-23-45-27-32(22-24-47)43-44-45)51-41(28)35-25-31(42-39(48)30-13-9-6-10-14-30)15-20-36(35)46(40(41)49)26-29-11-7-5-8-12-29/h5-20,25,27-28,37-38,47H,21-24,26H2,1-4H3,(H,42,48)/t28-,37+,38-,41+/m1/s1. The molecule has 2 aliphatic rings. The van der Waals surface area contributed by atoms with E-state index in [0.717, 1.165) is 28.3 Å². The number of nitrogens with one attached hydrogen (secondary N) is 1. The molecule has 0 unspecified atom stereocenters. The molecule has 52 heavy (non-hydrogen) atoms. The molecule has 3 heterocycles. The smallest absolute Gasteiger partial charge is 0.264 e. The Labute approximate surface area is 305 Å². The van der Waals surface area contributed by atoms with E-state index in [1.54, 1.807) is 23.9 Å². The van der Waals surface area contributed by atoms with Crippen LogP contribution in [0.15, 0.2) is 109 Å². The molecular weight excluding hydrogens is 671 g/mol. The van der Waals surface area contributed by atoms with Gasteiger partial charge in [-0.15, -0.1) is 5.10 Å². The molecule has 0 aliphatic carbocycles. The van der Waals surface area contributed by atoms with Crippen LogP contribution in [0.4, 0.5) is 11.4 Å². The minimum Gasteiger partial charge on any atom is -0.497 e. The predicted molar refractivity (Wildman–Crippen MR) is 203 cm³/mol. The number of nitrogens with zero attached hydrogens (tertiary/aromatic N) is 4. The summed E-state index contributed by atoms with van der Waals surface area (Å²) in [5, 5.41) is 22.3. The summed E-state index contributed by atoms with van der Waals surface area (Å²) in [6.45, 7) is 7.82. The molecule has 1 fully saturated rings. The lowest BCUT2D eigenvalue weighted by molar-refractivity contribution is -0.146. The second-order valence-electron chi connectivity index (χ2n) is 14.3. The Morgan fingerprint density at radius 1 is 1.00 bits per heavy atom. The highest BCUT2D eigenvalue weighted by molar-refractivity contribution is 6.91. The van der Waals surface area contributed by atoms with E-state index in [0.29, 0.717) is 37.2 Å². The van der Waals surface area contributed by atoms with Gasteiger partial charge in [-0.25, -0.2) is 0 Å². The Hall–Kier alpha value is -5.10. The van der Waals surface area contributed by atoms with E-state index in [1.807, 2.05) is 90.0 Å². The van der Waals surface area contributed by atoms with E-state index in [9.17, 15) is 9.90 Å². The van der Waals surface area contributed by atoms with Crippen molar-refractivity contribution < 1.29 is 24.2 Å². The minimum absolute atomic E-state index is 0.00296. The third-order valence-electron chi connectivity index (χ3n) is 10.9. The average molecular weight is 716 g/mol. The summed E-state index contributed by atoms with van der Waals surface area (Å²) in [6, 6.07) is 33.2. The lowest BCUT2D eigenvalue weighted by atomic mass is 9.82. The maximum Gasteiger partial charge on any atom is 0.264 e. The van der Waals surface area contributed by atoms with Gasteiger partial charge in [-0.1, -0.05) is 91.1 Å². The summed E-state index contributed by atoms with van der Waals surface area (Å²) in [7, 11) is -0.710. The van der Waals surface area contributed by atoms with E-state index in [4.69, 9.17) is 9.47 Å². The summed E-state index contributed by atoms with van der Waals surface area (Å²) in [5.74, 6) is 0.263. The van der Waals surface area contributed by atoms with Gasteiger partial charge in [-0.2, -0.15) is 0 Å². The first-order chi connectivity index (χ1) is 25.1. The third kappa shape index (κ3) is 6.44. The van der Waals surface area contributed by atoms with E-state index in [2.05, 4.69) is 47.8 Å². The van der Waals surface area contributed by atoms with Crippen LogP contribution >= 0.6 is 0 Å². The summed E-state index contributed by atoms with van der Waals surface area (Å²) >= 11 is 0. The highest BCUT2D eigenvalue weighted by Gasteiger charge is 2.66. The quantitative estimate of drug-likeness (QED) is 0.154. The second-order valence-corrected chi connectivity index (χ2v) is 19.0. The lowest BCUT2D eigenvalue weighted by Crippen LogP contribution is -2.51. The van der Waals surface area contributed by atoms with Gasteiger partial charge in [0.2, 0.25) is 0 Å². The first-order valence-corrected chi connectivity index (χ1v) is 20.9. The predicted octanol–water partition coefficient (Wildman–Crippen LogP) is 5.93. The highest BCUT2D eigenvalue weighted by Crippen LogP contribution is 2.60. The number of amides is 2. The minimum atomic E-state index is -2.38. The SMILES string of the molecule is COc1ccc([Si](C)(C)[C@H]2[C@H](CCn3cc(CCO)nn3)O[C@@]3(C(=O)N(Cc4ccccc4)c4ccc(NC(=O)c5ccccc5)cc43)[C@@H]2C)cc1. The first kappa shape index (κ1) is 35.3. The Morgan fingerprint density at radius 3 is 2.40 bits per heavy atom. The zero-order valence-corrected chi connectivity index (χ0v) is 31.0. The average Bonchev–Trinajstić information content (AvgIpc) is 3.81. The third-order valence-corrected chi connectivity index (χ3v) is 15.3. The number of carbonyl (C=O) groups excluding carboxylic acids is 2. The Kier molecular flexibility index (Phi) is 9.84. The fourth-order valence-electron chi connectivity index (χ4n) is 8.31. The highest BCUT2D eigenvalue weighted by atomic mass is 28.3. The van der Waals surface area contributed by atoms with Crippen LogP contribution in [0.3, 0.4) is 0 Å². The topological polar surface area (TPSA) is 119 Å². The molecule has 0 radical (unpaired) electrons. The number of aliphatic hydroxyl groups excluding tert-OH is 1. The van der Waals surface area contributed by atoms with Crippen LogP contribution in [0.2, 0.25) is 18.6 Å². The number of ether oxygens (including phenoxy) is 2. The van der Waals surface area contributed by atoms with E-state index >= 15 is 4.79 Å². The van der Waals surface area contributed by atoms with Crippen LogP contribution in [0.25, 0.3) is 0 Å². The zero-order chi connectivity index (χ0) is 36.5. The Balaban J connectivity index is 1.31. The number of aliphatic hydroxyl groups is 1. The maximum atomic E-state index is 15.2. The number of benzene rings is 4. The molecule has 5 aromatic rings. The molecule has 11 heteroatoms. The molecule has 2 aliphatic heterocycles. The van der Waals surface area contributed by atoms with Crippen LogP contribution in [0.5, 0.6) is 5.75 Å². The monoisotopic (exact) mass is 715 g/mol. The molecular formula is C41H45N5O5Si. The van der Waals surface area contributed by atoms with Gasteiger partial charge >= 0.3 is 0 Å². The number of carbonyl (C=O) groups is 2. The van der Waals surface area contributed by atoms with Crippen molar-refractivity contribution in [1.29, 1.82) is 0 Å². The van der Waals surface area contributed by atoms with Gasteiger partial charge in [0.1, 0.15) is 5.75 Å². The molecule has 7 rings (SSSR count). The van der Waals surface area contributed by atoms with Gasteiger partial charge < -0.3 is 24.8 Å². The number of anilines is 2. The Morgan fingerprint density at radius 2 is 1.71 bits per heavy atom. The zero-order valence-electron chi connectivity index (χ0n) is 30.0. The summed E-state index contributed by atoms with van der Waals surface area (Å²) in [6.07, 6.45) is 2.62. The van der Waals surface area contributed by atoms with Crippen molar-refractivity contribution in [2.24, 2.45) is 5.92 Å².